The van der Waals surface area contributed by atoms with E-state index in [0.29, 0.717) is 18.8 Å². The van der Waals surface area contributed by atoms with E-state index in [2.05, 4.69) is 10.6 Å². The zero-order valence-corrected chi connectivity index (χ0v) is 14.7. The molecule has 0 unspecified atom stereocenters. The smallest absolute Gasteiger partial charge is 0.258 e. The second-order valence-electron chi connectivity index (χ2n) is 5.08. The van der Waals surface area contributed by atoms with Gasteiger partial charge in [0.25, 0.3) is 5.91 Å². The molecule has 1 rings (SSSR count). The summed E-state index contributed by atoms with van der Waals surface area (Å²) < 4.78 is 37.1. The van der Waals surface area contributed by atoms with Crippen molar-refractivity contribution in [2.24, 2.45) is 0 Å². The molecule has 0 aliphatic heterocycles. The molecule has 0 bridgehead atoms. The number of carbonyl (C=O) groups is 2. The van der Waals surface area contributed by atoms with Crippen LogP contribution in [-0.2, 0) is 19.1 Å². The molecule has 0 aliphatic carbocycles. The molecule has 0 atom stereocenters. The summed E-state index contributed by atoms with van der Waals surface area (Å²) >= 11 is 0. The maximum absolute atomic E-state index is 13.4. The predicted molar refractivity (Wildman–Crippen MR) is 93.3 cm³/mol. The Bertz CT molecular complexity index is 655. The summed E-state index contributed by atoms with van der Waals surface area (Å²) in [4.78, 5) is 23.4. The normalized spacial score (nSPS) is 11.5. The number of methoxy groups -OCH3 is 1. The average molecular weight is 368 g/mol. The van der Waals surface area contributed by atoms with E-state index >= 15 is 0 Å². The molecule has 0 aliphatic rings. The number of hydrogen-bond donors (Lipinski definition) is 2. The molecule has 1 aromatic carbocycles. The summed E-state index contributed by atoms with van der Waals surface area (Å²) in [6.07, 6.45) is 5.90. The van der Waals surface area contributed by atoms with Gasteiger partial charge in [0, 0.05) is 7.11 Å². The van der Waals surface area contributed by atoms with Gasteiger partial charge in [-0.15, -0.1) is 0 Å². The highest BCUT2D eigenvalue weighted by molar-refractivity contribution is 5.94. The molecule has 0 spiro atoms. The second kappa shape index (κ2) is 11.8. The van der Waals surface area contributed by atoms with Crippen molar-refractivity contribution >= 4 is 17.5 Å². The Morgan fingerprint density at radius 2 is 1.88 bits per heavy atom. The highest BCUT2D eigenvalue weighted by Crippen LogP contribution is 2.17. The van der Waals surface area contributed by atoms with Crippen LogP contribution < -0.4 is 10.6 Å². The molecule has 142 valence electrons. The fraction of sp³-hybridized carbons (Fsp3) is 0.333. The van der Waals surface area contributed by atoms with E-state index in [1.165, 1.54) is 6.07 Å². The second-order valence-corrected chi connectivity index (χ2v) is 5.08. The molecule has 0 saturated carbocycles. The van der Waals surface area contributed by atoms with Crippen molar-refractivity contribution in [3.8, 4) is 0 Å². The van der Waals surface area contributed by atoms with Gasteiger partial charge in [-0.1, -0.05) is 19.1 Å². The van der Waals surface area contributed by atoms with E-state index in [-0.39, 0.29) is 6.61 Å². The van der Waals surface area contributed by atoms with Gasteiger partial charge in [0.1, 0.15) is 23.1 Å². The minimum absolute atomic E-state index is 0.301. The summed E-state index contributed by atoms with van der Waals surface area (Å²) in [6, 6.07) is 3.22. The van der Waals surface area contributed by atoms with Crippen LogP contribution in [0.4, 0.5) is 14.5 Å². The van der Waals surface area contributed by atoms with E-state index < -0.39 is 35.7 Å². The standard InChI is InChI=1S/C18H22F2N2O4/c1-3-6-13(7-5-10-25-2)26-12-17(24)21-11-16(23)22-18-14(19)8-4-9-15(18)20/h4-9H,3,10-12H2,1-2H3,(H,21,24)(H,22,23)/b7-5-,13-6+. The molecule has 26 heavy (non-hydrogen) atoms. The van der Waals surface area contributed by atoms with Crippen LogP contribution in [0, 0.1) is 11.6 Å². The van der Waals surface area contributed by atoms with Gasteiger partial charge >= 0.3 is 0 Å². The summed E-state index contributed by atoms with van der Waals surface area (Å²) in [6.45, 7) is 1.58. The topological polar surface area (TPSA) is 76.7 Å². The lowest BCUT2D eigenvalue weighted by atomic mass is 10.3. The van der Waals surface area contributed by atoms with Gasteiger partial charge in [-0.2, -0.15) is 0 Å². The average Bonchev–Trinajstić information content (AvgIpc) is 2.61. The first-order chi connectivity index (χ1) is 12.5. The molecule has 6 nitrogen and oxygen atoms in total. The van der Waals surface area contributed by atoms with Crippen LogP contribution in [-0.4, -0.2) is 38.7 Å². The third kappa shape index (κ3) is 7.89. The number of carbonyl (C=O) groups excluding carboxylic acids is 2. The van der Waals surface area contributed by atoms with E-state index in [1.54, 1.807) is 25.3 Å². The van der Waals surface area contributed by atoms with Crippen molar-refractivity contribution in [1.29, 1.82) is 0 Å². The minimum atomic E-state index is -0.898. The van der Waals surface area contributed by atoms with Gasteiger partial charge < -0.3 is 20.1 Å². The summed E-state index contributed by atoms with van der Waals surface area (Å²) in [5, 5.41) is 4.38. The lowest BCUT2D eigenvalue weighted by molar-refractivity contribution is -0.126. The summed E-state index contributed by atoms with van der Waals surface area (Å²) in [7, 11) is 1.56. The van der Waals surface area contributed by atoms with Crippen molar-refractivity contribution in [1.82, 2.24) is 5.32 Å². The highest BCUT2D eigenvalue weighted by Gasteiger charge is 2.12. The number of ether oxygens (including phenoxy) is 2. The molecule has 0 aromatic heterocycles. The molecular weight excluding hydrogens is 346 g/mol. The number of nitrogens with one attached hydrogen (secondary N) is 2. The SMILES string of the molecule is CC/C=C(\C=C/COC)OCC(=O)NCC(=O)Nc1c(F)cccc1F. The van der Waals surface area contributed by atoms with E-state index in [4.69, 9.17) is 9.47 Å². The lowest BCUT2D eigenvalue weighted by Gasteiger charge is -2.10. The van der Waals surface area contributed by atoms with Gasteiger partial charge in [0.15, 0.2) is 6.61 Å². The molecule has 0 heterocycles. The Hall–Kier alpha value is -2.74. The summed E-state index contributed by atoms with van der Waals surface area (Å²) in [5.74, 6) is -2.60. The number of rotatable bonds is 10. The molecule has 0 radical (unpaired) electrons. The van der Waals surface area contributed by atoms with Crippen molar-refractivity contribution in [2.45, 2.75) is 13.3 Å². The number of anilines is 1. The monoisotopic (exact) mass is 368 g/mol. The van der Waals surface area contributed by atoms with Gasteiger partial charge in [-0.3, -0.25) is 9.59 Å². The fourth-order valence-corrected chi connectivity index (χ4v) is 1.82. The van der Waals surface area contributed by atoms with Crippen LogP contribution in [0.15, 0.2) is 42.2 Å². The number of allylic oxidation sites excluding steroid dienone is 2. The fourth-order valence-electron chi connectivity index (χ4n) is 1.82. The Morgan fingerprint density at radius 3 is 2.50 bits per heavy atom. The van der Waals surface area contributed by atoms with Crippen LogP contribution >= 0.6 is 0 Å². The van der Waals surface area contributed by atoms with Gasteiger partial charge in [-0.05, 0) is 30.7 Å². The zero-order valence-electron chi connectivity index (χ0n) is 14.7. The zero-order chi connectivity index (χ0) is 19.4. The van der Waals surface area contributed by atoms with Crippen LogP contribution in [0.2, 0.25) is 0 Å². The van der Waals surface area contributed by atoms with E-state index in [9.17, 15) is 18.4 Å². The molecule has 2 N–H and O–H groups in total. The quantitative estimate of drug-likeness (QED) is 0.492. The molecule has 0 fully saturated rings. The third-order valence-electron chi connectivity index (χ3n) is 2.99. The molecule has 8 heteroatoms. The first-order valence-corrected chi connectivity index (χ1v) is 7.96. The van der Waals surface area contributed by atoms with Crippen molar-refractivity contribution in [2.75, 3.05) is 32.2 Å². The largest absolute Gasteiger partial charge is 0.484 e. The number of benzene rings is 1. The molecule has 0 saturated heterocycles. The summed E-state index contributed by atoms with van der Waals surface area (Å²) in [5.41, 5.74) is -0.556. The Labute approximate surface area is 150 Å². The molecule has 2 amide bonds. The first kappa shape index (κ1) is 21.3. The van der Waals surface area contributed by atoms with Crippen LogP contribution in [0.5, 0.6) is 0 Å². The van der Waals surface area contributed by atoms with E-state index in [0.717, 1.165) is 12.1 Å². The maximum Gasteiger partial charge on any atom is 0.258 e. The van der Waals surface area contributed by atoms with E-state index in [1.807, 2.05) is 6.92 Å². The number of para-hydroxylation sites is 1. The number of halogens is 2. The van der Waals surface area contributed by atoms with Crippen LogP contribution in [0.1, 0.15) is 13.3 Å². The first-order valence-electron chi connectivity index (χ1n) is 7.96. The molecular formula is C18H22F2N2O4. The highest BCUT2D eigenvalue weighted by atomic mass is 19.1. The lowest BCUT2D eigenvalue weighted by Crippen LogP contribution is -2.35. The minimum Gasteiger partial charge on any atom is -0.484 e. The van der Waals surface area contributed by atoms with Gasteiger partial charge in [-0.25, -0.2) is 8.78 Å². The van der Waals surface area contributed by atoms with Crippen LogP contribution in [0.25, 0.3) is 0 Å². The van der Waals surface area contributed by atoms with Crippen molar-refractivity contribution < 1.29 is 27.8 Å². The Balaban J connectivity index is 2.43. The van der Waals surface area contributed by atoms with Gasteiger partial charge in [0.2, 0.25) is 5.91 Å². The van der Waals surface area contributed by atoms with Crippen molar-refractivity contribution in [3.05, 3.63) is 53.8 Å². The number of hydrogen-bond acceptors (Lipinski definition) is 4. The van der Waals surface area contributed by atoms with Gasteiger partial charge in [0.05, 0.1) is 13.2 Å². The van der Waals surface area contributed by atoms with Crippen LogP contribution in [0.3, 0.4) is 0 Å². The maximum atomic E-state index is 13.4. The number of amides is 2. The Kier molecular flexibility index (Phi) is 9.63. The Morgan fingerprint density at radius 1 is 1.19 bits per heavy atom. The van der Waals surface area contributed by atoms with Crippen molar-refractivity contribution in [3.63, 3.8) is 0 Å². The molecule has 1 aromatic rings. The third-order valence-corrected chi connectivity index (χ3v) is 2.99. The predicted octanol–water partition coefficient (Wildman–Crippen LogP) is 2.53.